The molecule has 0 aromatic heterocycles. The van der Waals surface area contributed by atoms with E-state index >= 15 is 0 Å². The highest BCUT2D eigenvalue weighted by Crippen LogP contribution is 2.26. The molecule has 0 aliphatic carbocycles. The highest BCUT2D eigenvalue weighted by atomic mass is 32.2. The number of para-hydroxylation sites is 1. The van der Waals surface area contributed by atoms with E-state index < -0.39 is 36.9 Å². The maximum Gasteiger partial charge on any atom is 0.324 e. The van der Waals surface area contributed by atoms with Crippen LogP contribution in [-0.4, -0.2) is 44.4 Å². The zero-order chi connectivity index (χ0) is 16.4. The van der Waals surface area contributed by atoms with E-state index in [-0.39, 0.29) is 6.54 Å². The first-order chi connectivity index (χ1) is 9.49. The number of sulfonamides is 1. The van der Waals surface area contributed by atoms with Crippen LogP contribution in [0.15, 0.2) is 23.1 Å². The van der Waals surface area contributed by atoms with Gasteiger partial charge in [0.2, 0.25) is 15.8 Å². The first-order valence-corrected chi connectivity index (χ1v) is 7.57. The van der Waals surface area contributed by atoms with Gasteiger partial charge in [-0.25, -0.2) is 13.1 Å². The maximum atomic E-state index is 13.5. The SMILES string of the molecule is CN(C)C(C)(C)CNS(=O)(=O)c1cccc(F)c1[N+](=O)[O-]. The highest BCUT2D eigenvalue weighted by Gasteiger charge is 2.31. The molecule has 1 aromatic rings. The molecule has 9 heteroatoms. The quantitative estimate of drug-likeness (QED) is 0.631. The Morgan fingerprint density at radius 3 is 2.43 bits per heavy atom. The number of nitrogens with zero attached hydrogens (tertiary/aromatic N) is 2. The van der Waals surface area contributed by atoms with Gasteiger partial charge in [0.1, 0.15) is 0 Å². The predicted molar refractivity (Wildman–Crippen MR) is 76.0 cm³/mol. The molecule has 7 nitrogen and oxygen atoms in total. The van der Waals surface area contributed by atoms with Crippen LogP contribution in [0.5, 0.6) is 0 Å². The number of benzene rings is 1. The van der Waals surface area contributed by atoms with Gasteiger partial charge in [0.05, 0.1) is 4.92 Å². The lowest BCUT2D eigenvalue weighted by molar-refractivity contribution is -0.390. The summed E-state index contributed by atoms with van der Waals surface area (Å²) in [7, 11) is -0.630. The smallest absolute Gasteiger partial charge is 0.303 e. The molecular weight excluding hydrogens is 301 g/mol. The van der Waals surface area contributed by atoms with Crippen LogP contribution in [0, 0.1) is 15.9 Å². The lowest BCUT2D eigenvalue weighted by atomic mass is 10.1. The van der Waals surface area contributed by atoms with Crippen molar-refractivity contribution < 1.29 is 17.7 Å². The lowest BCUT2D eigenvalue weighted by Crippen LogP contribution is -2.48. The van der Waals surface area contributed by atoms with Gasteiger partial charge in [-0.15, -0.1) is 0 Å². The van der Waals surface area contributed by atoms with Crippen LogP contribution in [0.25, 0.3) is 0 Å². The molecule has 1 rings (SSSR count). The third kappa shape index (κ3) is 3.96. The third-order valence-electron chi connectivity index (χ3n) is 3.33. The number of likely N-dealkylation sites (N-methyl/N-ethyl adjacent to an activating group) is 1. The number of nitrogens with one attached hydrogen (secondary N) is 1. The maximum absolute atomic E-state index is 13.5. The molecule has 0 heterocycles. The van der Waals surface area contributed by atoms with Gasteiger partial charge in [0, 0.05) is 12.1 Å². The van der Waals surface area contributed by atoms with Gasteiger partial charge in [-0.2, -0.15) is 4.39 Å². The largest absolute Gasteiger partial charge is 0.324 e. The first-order valence-electron chi connectivity index (χ1n) is 6.09. The number of nitro groups is 1. The molecule has 1 aromatic carbocycles. The molecule has 0 aliphatic rings. The minimum Gasteiger partial charge on any atom is -0.303 e. The van der Waals surface area contributed by atoms with E-state index in [2.05, 4.69) is 4.72 Å². The van der Waals surface area contributed by atoms with Crippen LogP contribution in [0.3, 0.4) is 0 Å². The Balaban J connectivity index is 3.16. The summed E-state index contributed by atoms with van der Waals surface area (Å²) in [6, 6.07) is 2.97. The molecule has 0 atom stereocenters. The van der Waals surface area contributed by atoms with Gasteiger partial charge in [0.15, 0.2) is 4.90 Å². The van der Waals surface area contributed by atoms with Gasteiger partial charge in [-0.3, -0.25) is 10.1 Å². The standard InChI is InChI=1S/C12H18FN3O4S/c1-12(2,15(3)4)8-14-21(19,20)10-7-5-6-9(13)11(10)16(17)18/h5-7,14H,8H2,1-4H3. The molecule has 0 unspecified atom stereocenters. The summed E-state index contributed by atoms with van der Waals surface area (Å²) < 4.78 is 40.1. The summed E-state index contributed by atoms with van der Waals surface area (Å²) in [4.78, 5) is 10.9. The summed E-state index contributed by atoms with van der Waals surface area (Å²) in [5, 5.41) is 10.9. The van der Waals surface area contributed by atoms with Crippen molar-refractivity contribution in [2.75, 3.05) is 20.6 Å². The molecule has 21 heavy (non-hydrogen) atoms. The second-order valence-corrected chi connectivity index (χ2v) is 7.11. The minimum atomic E-state index is -4.18. The molecule has 0 aliphatic heterocycles. The first kappa shape index (κ1) is 17.5. The molecule has 118 valence electrons. The average Bonchev–Trinajstić information content (AvgIpc) is 2.35. The second-order valence-electron chi connectivity index (χ2n) is 5.38. The Morgan fingerprint density at radius 1 is 1.38 bits per heavy atom. The van der Waals surface area contributed by atoms with Gasteiger partial charge < -0.3 is 4.90 Å². The summed E-state index contributed by atoms with van der Waals surface area (Å²) in [6.45, 7) is 3.63. The number of hydrogen-bond donors (Lipinski definition) is 1. The number of halogens is 1. The summed E-state index contributed by atoms with van der Waals surface area (Å²) in [5.41, 5.74) is -1.55. The van der Waals surface area contributed by atoms with Crippen LogP contribution < -0.4 is 4.72 Å². The van der Waals surface area contributed by atoms with Crippen LogP contribution in [0.1, 0.15) is 13.8 Å². The summed E-state index contributed by atoms with van der Waals surface area (Å²) >= 11 is 0. The number of hydrogen-bond acceptors (Lipinski definition) is 5. The molecule has 0 fully saturated rings. The average molecular weight is 319 g/mol. The van der Waals surface area contributed by atoms with Crippen molar-refractivity contribution in [3.05, 3.63) is 34.1 Å². The fraction of sp³-hybridized carbons (Fsp3) is 0.500. The molecule has 1 N–H and O–H groups in total. The van der Waals surface area contributed by atoms with Gasteiger partial charge in [-0.05, 0) is 40.1 Å². The van der Waals surface area contributed by atoms with Gasteiger partial charge in [0.25, 0.3) is 0 Å². The van der Waals surface area contributed by atoms with E-state index in [0.717, 1.165) is 18.2 Å². The van der Waals surface area contributed by atoms with Crippen molar-refractivity contribution in [2.24, 2.45) is 0 Å². The van der Waals surface area contributed by atoms with Crippen molar-refractivity contribution in [1.29, 1.82) is 0 Å². The minimum absolute atomic E-state index is 0.0238. The van der Waals surface area contributed by atoms with E-state index in [4.69, 9.17) is 0 Å². The molecule has 0 bridgehead atoms. The van der Waals surface area contributed by atoms with Crippen LogP contribution in [-0.2, 0) is 10.0 Å². The lowest BCUT2D eigenvalue weighted by Gasteiger charge is -2.32. The fourth-order valence-corrected chi connectivity index (χ4v) is 2.78. The van der Waals surface area contributed by atoms with E-state index in [1.807, 2.05) is 0 Å². The second kappa shape index (κ2) is 6.04. The molecule has 0 amide bonds. The third-order valence-corrected chi connectivity index (χ3v) is 4.76. The van der Waals surface area contributed by atoms with E-state index in [9.17, 15) is 22.9 Å². The molecule has 0 saturated carbocycles. The molecule has 0 saturated heterocycles. The van der Waals surface area contributed by atoms with Crippen molar-refractivity contribution in [2.45, 2.75) is 24.3 Å². The Kier molecular flexibility index (Phi) is 5.03. The van der Waals surface area contributed by atoms with Crippen molar-refractivity contribution in [3.63, 3.8) is 0 Å². The van der Waals surface area contributed by atoms with E-state index in [0.29, 0.717) is 0 Å². The topological polar surface area (TPSA) is 92.6 Å². The normalized spacial score (nSPS) is 12.7. The Labute approximate surface area is 123 Å². The van der Waals surface area contributed by atoms with Crippen molar-refractivity contribution in [3.8, 4) is 0 Å². The number of rotatable bonds is 6. The van der Waals surface area contributed by atoms with Crippen molar-refractivity contribution in [1.82, 2.24) is 9.62 Å². The molecule has 0 spiro atoms. The van der Waals surface area contributed by atoms with Crippen LogP contribution in [0.4, 0.5) is 10.1 Å². The van der Waals surface area contributed by atoms with E-state index in [1.54, 1.807) is 32.8 Å². The van der Waals surface area contributed by atoms with Gasteiger partial charge in [-0.1, -0.05) is 6.07 Å². The monoisotopic (exact) mass is 319 g/mol. The summed E-state index contributed by atoms with van der Waals surface area (Å²) in [5.74, 6) is -1.19. The Hall–Kier alpha value is -1.58. The summed E-state index contributed by atoms with van der Waals surface area (Å²) in [6.07, 6.45) is 0. The van der Waals surface area contributed by atoms with Gasteiger partial charge >= 0.3 is 5.69 Å². The highest BCUT2D eigenvalue weighted by molar-refractivity contribution is 7.89. The Morgan fingerprint density at radius 2 is 1.95 bits per heavy atom. The Bertz CT molecular complexity index is 644. The van der Waals surface area contributed by atoms with Crippen molar-refractivity contribution >= 4 is 15.7 Å². The number of nitro benzene ring substituents is 1. The molecular formula is C12H18FN3O4S. The van der Waals surface area contributed by atoms with Crippen LogP contribution in [0.2, 0.25) is 0 Å². The molecule has 0 radical (unpaired) electrons. The zero-order valence-corrected chi connectivity index (χ0v) is 13.1. The van der Waals surface area contributed by atoms with Crippen LogP contribution >= 0.6 is 0 Å². The predicted octanol–water partition coefficient (Wildman–Crippen LogP) is 1.35. The van der Waals surface area contributed by atoms with E-state index in [1.165, 1.54) is 0 Å². The zero-order valence-electron chi connectivity index (χ0n) is 12.3. The fourth-order valence-electron chi connectivity index (χ4n) is 1.40.